The molecule has 0 spiro atoms. The fourth-order valence-corrected chi connectivity index (χ4v) is 2.35. The Bertz CT molecular complexity index is 831. The van der Waals surface area contributed by atoms with Crippen LogP contribution in [0.2, 0.25) is 0 Å². The van der Waals surface area contributed by atoms with Crippen LogP contribution in [0.15, 0.2) is 54.6 Å². The molecule has 1 aromatic heterocycles. The van der Waals surface area contributed by atoms with Crippen LogP contribution in [0.25, 0.3) is 11.0 Å². The van der Waals surface area contributed by atoms with Gasteiger partial charge in [0.1, 0.15) is 0 Å². The maximum atomic E-state index is 11.3. The molecular formula is C15H13N3O2. The molecule has 0 unspecified atom stereocenters. The van der Waals surface area contributed by atoms with E-state index in [1.165, 1.54) is 0 Å². The van der Waals surface area contributed by atoms with Crippen molar-refractivity contribution in [3.8, 4) is 0 Å². The Labute approximate surface area is 114 Å². The monoisotopic (exact) mass is 267 g/mol. The second-order valence-electron chi connectivity index (χ2n) is 4.50. The van der Waals surface area contributed by atoms with E-state index in [9.17, 15) is 9.90 Å². The molecule has 2 N–H and O–H groups in total. The average Bonchev–Trinajstić information content (AvgIpc) is 2.73. The number of benzene rings is 2. The Hall–Kier alpha value is -2.82. The molecule has 0 fully saturated rings. The van der Waals surface area contributed by atoms with Gasteiger partial charge in [0.05, 0.1) is 17.6 Å². The third-order valence-electron chi connectivity index (χ3n) is 3.26. The normalized spacial score (nSPS) is 10.8. The van der Waals surface area contributed by atoms with E-state index < -0.39 is 6.09 Å². The molecule has 0 saturated carbocycles. The van der Waals surface area contributed by atoms with Gasteiger partial charge in [-0.25, -0.2) is 9.36 Å². The van der Waals surface area contributed by atoms with Crippen molar-refractivity contribution in [2.24, 2.45) is 0 Å². The number of para-hydroxylation sites is 2. The minimum Gasteiger partial charge on any atom is -0.464 e. The van der Waals surface area contributed by atoms with Gasteiger partial charge in [-0.15, -0.1) is 0 Å². The number of aromatic nitrogens is 2. The zero-order valence-corrected chi connectivity index (χ0v) is 10.7. The lowest BCUT2D eigenvalue weighted by Gasteiger charge is -2.04. The number of hydrogen-bond acceptors (Lipinski definition) is 2. The molecule has 0 aliphatic heterocycles. The summed E-state index contributed by atoms with van der Waals surface area (Å²) >= 11 is 0. The van der Waals surface area contributed by atoms with Gasteiger partial charge in [0.25, 0.3) is 0 Å². The van der Waals surface area contributed by atoms with E-state index in [0.717, 1.165) is 15.6 Å². The number of carboxylic acid groups (broad SMARTS) is 1. The number of fused-ring (bicyclic) bond motifs is 1. The molecule has 1 heterocycles. The number of nitrogens with one attached hydrogen (secondary N) is 1. The molecule has 0 aliphatic rings. The Balaban J connectivity index is 2.23. The molecule has 5 heteroatoms. The Kier molecular flexibility index (Phi) is 2.87. The van der Waals surface area contributed by atoms with Gasteiger partial charge in [-0.2, -0.15) is 0 Å². The van der Waals surface area contributed by atoms with Gasteiger partial charge >= 0.3 is 6.09 Å². The van der Waals surface area contributed by atoms with E-state index in [1.54, 1.807) is 16.7 Å². The molecular weight excluding hydrogens is 254 g/mol. The van der Waals surface area contributed by atoms with Gasteiger partial charge in [-0.05, 0) is 17.7 Å². The van der Waals surface area contributed by atoms with E-state index in [0.29, 0.717) is 12.1 Å². The third-order valence-corrected chi connectivity index (χ3v) is 3.26. The summed E-state index contributed by atoms with van der Waals surface area (Å²) in [6, 6.07) is 16.9. The fourth-order valence-electron chi connectivity index (χ4n) is 2.35. The quantitative estimate of drug-likeness (QED) is 0.748. The Morgan fingerprint density at radius 1 is 1.00 bits per heavy atom. The molecule has 3 rings (SSSR count). The summed E-state index contributed by atoms with van der Waals surface area (Å²) in [5.74, 6) is 0. The largest absolute Gasteiger partial charge is 0.464 e. The van der Waals surface area contributed by atoms with Crippen molar-refractivity contribution in [3.63, 3.8) is 0 Å². The molecule has 20 heavy (non-hydrogen) atoms. The second kappa shape index (κ2) is 4.70. The summed E-state index contributed by atoms with van der Waals surface area (Å²) in [5, 5.41) is 17.4. The molecule has 100 valence electrons. The van der Waals surface area contributed by atoms with Gasteiger partial charge in [-0.1, -0.05) is 42.5 Å². The number of hydrogen-bond donors (Lipinski definition) is 2. The smallest absolute Gasteiger partial charge is 0.418 e. The van der Waals surface area contributed by atoms with Crippen LogP contribution in [0.1, 0.15) is 5.56 Å². The minimum atomic E-state index is -1.14. The molecule has 3 aromatic rings. The van der Waals surface area contributed by atoms with Crippen molar-refractivity contribution in [3.05, 3.63) is 65.8 Å². The van der Waals surface area contributed by atoms with Crippen LogP contribution in [0.3, 0.4) is 0 Å². The van der Waals surface area contributed by atoms with E-state index >= 15 is 0 Å². The van der Waals surface area contributed by atoms with Crippen LogP contribution in [0.4, 0.5) is 4.79 Å². The molecule has 0 radical (unpaired) electrons. The van der Waals surface area contributed by atoms with Crippen molar-refractivity contribution in [2.75, 3.05) is 0 Å². The highest BCUT2D eigenvalue weighted by atomic mass is 16.4. The van der Waals surface area contributed by atoms with Gasteiger partial charge in [0.15, 0.2) is 0 Å². The highest BCUT2D eigenvalue weighted by Gasteiger charge is 2.14. The van der Waals surface area contributed by atoms with E-state index in [2.05, 4.69) is 0 Å². The number of nitrogens with zero attached hydrogens (tertiary/aromatic N) is 2. The van der Waals surface area contributed by atoms with Gasteiger partial charge in [-0.3, -0.25) is 5.41 Å². The summed E-state index contributed by atoms with van der Waals surface area (Å²) in [6.07, 6.45) is -1.14. The van der Waals surface area contributed by atoms with E-state index in [4.69, 9.17) is 5.41 Å². The van der Waals surface area contributed by atoms with Crippen LogP contribution in [0.5, 0.6) is 0 Å². The number of carbonyl (C=O) groups is 1. The first kappa shape index (κ1) is 12.2. The van der Waals surface area contributed by atoms with E-state index in [1.807, 2.05) is 42.5 Å². The lowest BCUT2D eigenvalue weighted by molar-refractivity contribution is 0.195. The van der Waals surface area contributed by atoms with Crippen molar-refractivity contribution in [1.82, 2.24) is 9.13 Å². The molecule has 0 aliphatic carbocycles. The summed E-state index contributed by atoms with van der Waals surface area (Å²) in [7, 11) is 0. The molecule has 0 saturated heterocycles. The van der Waals surface area contributed by atoms with Gasteiger partial charge in [0, 0.05) is 0 Å². The van der Waals surface area contributed by atoms with Crippen molar-refractivity contribution in [1.29, 1.82) is 5.41 Å². The summed E-state index contributed by atoms with van der Waals surface area (Å²) in [5.41, 5.74) is 2.26. The SMILES string of the molecule is N=c1n(Cc2ccccc2)c2ccccc2n1C(=O)O. The summed E-state index contributed by atoms with van der Waals surface area (Å²) < 4.78 is 2.69. The standard InChI is InChI=1S/C15H13N3O2/c16-14-17(10-11-6-2-1-3-7-11)12-8-4-5-9-13(12)18(14)15(19)20/h1-9,16H,10H2,(H,19,20). The predicted octanol–water partition coefficient (Wildman–Crippen LogP) is 2.50. The molecule has 5 nitrogen and oxygen atoms in total. The van der Waals surface area contributed by atoms with Crippen LogP contribution in [0, 0.1) is 5.41 Å². The molecule has 0 amide bonds. The van der Waals surface area contributed by atoms with Crippen LogP contribution >= 0.6 is 0 Å². The summed E-state index contributed by atoms with van der Waals surface area (Å²) in [6.45, 7) is 0.473. The van der Waals surface area contributed by atoms with Crippen molar-refractivity contribution >= 4 is 17.1 Å². The first-order chi connectivity index (χ1) is 9.68. The molecule has 2 aromatic carbocycles. The maximum absolute atomic E-state index is 11.3. The van der Waals surface area contributed by atoms with Crippen molar-refractivity contribution < 1.29 is 9.90 Å². The zero-order chi connectivity index (χ0) is 14.1. The van der Waals surface area contributed by atoms with Crippen molar-refractivity contribution in [2.45, 2.75) is 6.54 Å². The van der Waals surface area contributed by atoms with Gasteiger partial charge < -0.3 is 9.67 Å². The average molecular weight is 267 g/mol. The molecule has 0 bridgehead atoms. The minimum absolute atomic E-state index is 0.0393. The maximum Gasteiger partial charge on any atom is 0.418 e. The van der Waals surface area contributed by atoms with E-state index in [-0.39, 0.29) is 5.62 Å². The third kappa shape index (κ3) is 1.89. The Morgan fingerprint density at radius 3 is 2.25 bits per heavy atom. The highest BCUT2D eigenvalue weighted by Crippen LogP contribution is 2.14. The lowest BCUT2D eigenvalue weighted by atomic mass is 10.2. The summed E-state index contributed by atoms with van der Waals surface area (Å²) in [4.78, 5) is 11.3. The highest BCUT2D eigenvalue weighted by molar-refractivity contribution is 5.85. The number of imidazole rings is 1. The fraction of sp³-hybridized carbons (Fsp3) is 0.0667. The first-order valence-corrected chi connectivity index (χ1v) is 6.20. The van der Waals surface area contributed by atoms with Crippen LogP contribution < -0.4 is 5.62 Å². The second-order valence-corrected chi connectivity index (χ2v) is 4.50. The van der Waals surface area contributed by atoms with Crippen LogP contribution in [-0.4, -0.2) is 20.3 Å². The zero-order valence-electron chi connectivity index (χ0n) is 10.7. The van der Waals surface area contributed by atoms with Gasteiger partial charge in [0.2, 0.25) is 5.62 Å². The first-order valence-electron chi connectivity index (χ1n) is 6.20. The Morgan fingerprint density at radius 2 is 1.60 bits per heavy atom. The lowest BCUT2D eigenvalue weighted by Crippen LogP contribution is -2.28. The molecule has 0 atom stereocenters. The van der Waals surface area contributed by atoms with Crippen LogP contribution in [-0.2, 0) is 6.54 Å². The topological polar surface area (TPSA) is 71.0 Å². The number of rotatable bonds is 2. The predicted molar refractivity (Wildman–Crippen MR) is 74.7 cm³/mol.